The van der Waals surface area contributed by atoms with Crippen molar-refractivity contribution in [1.29, 1.82) is 0 Å². The Morgan fingerprint density at radius 2 is 1.81 bits per heavy atom. The molecule has 1 saturated carbocycles. The minimum Gasteiger partial charge on any atom is -0.276 e. The average molecular weight is 237 g/mol. The second kappa shape index (κ2) is 5.01. The molecule has 86 valence electrons. The summed E-state index contributed by atoms with van der Waals surface area (Å²) in [6, 6.07) is 7.79. The van der Waals surface area contributed by atoms with Gasteiger partial charge in [0.2, 0.25) is 0 Å². The molecule has 2 rings (SSSR count). The number of halogens is 1. The normalized spacial score (nSPS) is 25.4. The van der Waals surface area contributed by atoms with Crippen LogP contribution >= 0.6 is 11.6 Å². The van der Waals surface area contributed by atoms with Crippen LogP contribution in [0.5, 0.6) is 0 Å². The third kappa shape index (κ3) is 2.46. The molecule has 2 atom stereocenters. The lowest BCUT2D eigenvalue weighted by Gasteiger charge is -2.29. The summed E-state index contributed by atoms with van der Waals surface area (Å²) in [5.41, 5.74) is 1.95. The van der Waals surface area contributed by atoms with Crippen molar-refractivity contribution in [2.75, 3.05) is 0 Å². The van der Waals surface area contributed by atoms with Crippen molar-refractivity contribution in [3.63, 3.8) is 0 Å². The predicted molar refractivity (Wildman–Crippen MR) is 67.0 cm³/mol. The first-order valence-corrected chi connectivity index (χ1v) is 6.36. The highest BCUT2D eigenvalue weighted by Crippen LogP contribution is 2.37. The van der Waals surface area contributed by atoms with Crippen LogP contribution in [0.15, 0.2) is 24.3 Å². The zero-order chi connectivity index (χ0) is 11.5. The van der Waals surface area contributed by atoms with Crippen LogP contribution in [0.4, 0.5) is 0 Å². The fourth-order valence-corrected chi connectivity index (χ4v) is 2.80. The maximum absolute atomic E-state index is 11.0. The van der Waals surface area contributed by atoms with E-state index >= 15 is 0 Å². The van der Waals surface area contributed by atoms with E-state index in [4.69, 9.17) is 11.6 Å². The number of rotatable bonds is 2. The molecule has 0 heterocycles. The van der Waals surface area contributed by atoms with E-state index in [1.54, 1.807) is 0 Å². The van der Waals surface area contributed by atoms with E-state index in [-0.39, 0.29) is 5.24 Å². The number of hydrogen-bond donors (Lipinski definition) is 0. The molecule has 0 aromatic heterocycles. The second-order valence-corrected chi connectivity index (χ2v) is 5.11. The minimum absolute atomic E-state index is 0.372. The van der Waals surface area contributed by atoms with Crippen molar-refractivity contribution in [3.8, 4) is 0 Å². The summed E-state index contributed by atoms with van der Waals surface area (Å²) in [4.78, 5) is 11.0. The molecule has 2 unspecified atom stereocenters. The summed E-state index contributed by atoms with van der Waals surface area (Å²) in [7, 11) is 0. The first-order chi connectivity index (χ1) is 7.68. The topological polar surface area (TPSA) is 17.1 Å². The molecular formula is C14H17ClO. The zero-order valence-corrected chi connectivity index (χ0v) is 10.3. The van der Waals surface area contributed by atoms with E-state index in [1.165, 1.54) is 31.2 Å². The molecule has 1 aromatic carbocycles. The Hall–Kier alpha value is -0.820. The lowest BCUT2D eigenvalue weighted by molar-refractivity contribution is 0.108. The smallest absolute Gasteiger partial charge is 0.252 e. The highest BCUT2D eigenvalue weighted by molar-refractivity contribution is 6.67. The molecule has 0 aliphatic heterocycles. The van der Waals surface area contributed by atoms with Crippen molar-refractivity contribution in [1.82, 2.24) is 0 Å². The van der Waals surface area contributed by atoms with Gasteiger partial charge in [-0.25, -0.2) is 0 Å². The van der Waals surface area contributed by atoms with Gasteiger partial charge >= 0.3 is 0 Å². The summed E-state index contributed by atoms with van der Waals surface area (Å²) in [5, 5.41) is -0.372. The van der Waals surface area contributed by atoms with Crippen LogP contribution in [0.25, 0.3) is 0 Å². The van der Waals surface area contributed by atoms with Crippen LogP contribution < -0.4 is 0 Å². The van der Waals surface area contributed by atoms with Crippen LogP contribution in [-0.2, 0) is 0 Å². The standard InChI is InChI=1S/C14H17ClO/c1-10-4-2-3-5-13(10)11-6-8-12(9-7-11)14(15)16/h6-10,13H,2-5H2,1H3. The summed E-state index contributed by atoms with van der Waals surface area (Å²) in [6.45, 7) is 2.32. The van der Waals surface area contributed by atoms with Gasteiger partial charge in [-0.3, -0.25) is 4.79 Å². The number of benzene rings is 1. The van der Waals surface area contributed by atoms with Gasteiger partial charge in [0.05, 0.1) is 0 Å². The molecule has 1 fully saturated rings. The fourth-order valence-electron chi connectivity index (χ4n) is 2.67. The van der Waals surface area contributed by atoms with Crippen LogP contribution in [0.1, 0.15) is 54.4 Å². The summed E-state index contributed by atoms with van der Waals surface area (Å²) in [5.74, 6) is 1.42. The molecule has 0 radical (unpaired) electrons. The Bertz CT molecular complexity index is 369. The molecule has 0 amide bonds. The molecule has 1 aliphatic carbocycles. The van der Waals surface area contributed by atoms with Gasteiger partial charge in [-0.2, -0.15) is 0 Å². The molecule has 0 saturated heterocycles. The molecule has 0 bridgehead atoms. The van der Waals surface area contributed by atoms with Crippen molar-refractivity contribution < 1.29 is 4.79 Å². The zero-order valence-electron chi connectivity index (χ0n) is 9.58. The highest BCUT2D eigenvalue weighted by atomic mass is 35.5. The summed E-state index contributed by atoms with van der Waals surface area (Å²) >= 11 is 5.43. The maximum Gasteiger partial charge on any atom is 0.252 e. The Morgan fingerprint density at radius 1 is 1.19 bits per heavy atom. The fraction of sp³-hybridized carbons (Fsp3) is 0.500. The van der Waals surface area contributed by atoms with Gasteiger partial charge in [0.1, 0.15) is 0 Å². The van der Waals surface area contributed by atoms with Crippen molar-refractivity contribution in [2.45, 2.75) is 38.5 Å². The van der Waals surface area contributed by atoms with Crippen molar-refractivity contribution in [2.24, 2.45) is 5.92 Å². The minimum atomic E-state index is -0.372. The van der Waals surface area contributed by atoms with E-state index in [1.807, 2.05) is 12.1 Å². The Morgan fingerprint density at radius 3 is 2.38 bits per heavy atom. The molecular weight excluding hydrogens is 220 g/mol. The van der Waals surface area contributed by atoms with Gasteiger partial charge in [0, 0.05) is 5.56 Å². The van der Waals surface area contributed by atoms with Crippen LogP contribution in [0, 0.1) is 5.92 Å². The van der Waals surface area contributed by atoms with Crippen LogP contribution in [0.2, 0.25) is 0 Å². The predicted octanol–water partition coefficient (Wildman–Crippen LogP) is 4.36. The first kappa shape index (κ1) is 11.7. The maximum atomic E-state index is 11.0. The second-order valence-electron chi connectivity index (χ2n) is 4.76. The molecule has 16 heavy (non-hydrogen) atoms. The number of carbonyl (C=O) groups is 1. The largest absolute Gasteiger partial charge is 0.276 e. The lowest BCUT2D eigenvalue weighted by Crippen LogP contribution is -2.14. The lowest BCUT2D eigenvalue weighted by atomic mass is 9.76. The molecule has 2 heteroatoms. The van der Waals surface area contributed by atoms with Crippen molar-refractivity contribution >= 4 is 16.8 Å². The third-order valence-corrected chi connectivity index (χ3v) is 3.90. The monoisotopic (exact) mass is 236 g/mol. The Labute approximate surface area is 102 Å². The number of carbonyl (C=O) groups excluding carboxylic acids is 1. The SMILES string of the molecule is CC1CCCCC1c1ccc(C(=O)Cl)cc1. The average Bonchev–Trinajstić information content (AvgIpc) is 2.30. The molecule has 1 aliphatic rings. The summed E-state index contributed by atoms with van der Waals surface area (Å²) < 4.78 is 0. The van der Waals surface area contributed by atoms with E-state index in [0.717, 1.165) is 5.92 Å². The Balaban J connectivity index is 2.17. The summed E-state index contributed by atoms with van der Waals surface area (Å²) in [6.07, 6.45) is 5.28. The molecule has 0 N–H and O–H groups in total. The van der Waals surface area contributed by atoms with Gasteiger partial charge < -0.3 is 0 Å². The van der Waals surface area contributed by atoms with E-state index in [2.05, 4.69) is 19.1 Å². The van der Waals surface area contributed by atoms with Gasteiger partial charge in [-0.05, 0) is 47.6 Å². The van der Waals surface area contributed by atoms with Gasteiger partial charge in [-0.1, -0.05) is 38.3 Å². The van der Waals surface area contributed by atoms with Gasteiger partial charge in [0.15, 0.2) is 0 Å². The van der Waals surface area contributed by atoms with Crippen LogP contribution in [-0.4, -0.2) is 5.24 Å². The molecule has 0 spiro atoms. The molecule has 1 aromatic rings. The first-order valence-electron chi connectivity index (χ1n) is 5.98. The third-order valence-electron chi connectivity index (χ3n) is 3.68. The van der Waals surface area contributed by atoms with Crippen molar-refractivity contribution in [3.05, 3.63) is 35.4 Å². The van der Waals surface area contributed by atoms with Crippen LogP contribution in [0.3, 0.4) is 0 Å². The van der Waals surface area contributed by atoms with E-state index in [0.29, 0.717) is 11.5 Å². The quantitative estimate of drug-likeness (QED) is 0.698. The van der Waals surface area contributed by atoms with Gasteiger partial charge in [0.25, 0.3) is 5.24 Å². The molecule has 1 nitrogen and oxygen atoms in total. The Kier molecular flexibility index (Phi) is 3.65. The van der Waals surface area contributed by atoms with E-state index in [9.17, 15) is 4.79 Å². The number of hydrogen-bond acceptors (Lipinski definition) is 1. The van der Waals surface area contributed by atoms with Gasteiger partial charge in [-0.15, -0.1) is 0 Å². The van der Waals surface area contributed by atoms with E-state index < -0.39 is 0 Å². The highest BCUT2D eigenvalue weighted by Gasteiger charge is 2.22.